The van der Waals surface area contributed by atoms with Crippen molar-refractivity contribution in [1.29, 1.82) is 0 Å². The molecule has 0 spiro atoms. The molecule has 0 atom stereocenters. The zero-order chi connectivity index (χ0) is 17.2. The van der Waals surface area contributed by atoms with Crippen LogP contribution in [0.1, 0.15) is 31.2 Å². The Hall–Kier alpha value is -1.47. The molecule has 4 rings (SSSR count). The summed E-state index contributed by atoms with van der Waals surface area (Å²) >= 11 is 5.01. The number of hydrogen-bond donors (Lipinski definition) is 0. The van der Waals surface area contributed by atoms with Gasteiger partial charge in [0.1, 0.15) is 0 Å². The normalized spacial score (nSPS) is 22.1. The Morgan fingerprint density at radius 3 is 2.76 bits per heavy atom. The van der Waals surface area contributed by atoms with Crippen molar-refractivity contribution in [2.75, 3.05) is 26.3 Å². The number of benzene rings is 1. The molecule has 0 aromatic heterocycles. The Morgan fingerprint density at radius 1 is 1.12 bits per heavy atom. The van der Waals surface area contributed by atoms with Gasteiger partial charge in [-0.2, -0.15) is 4.99 Å². The molecule has 3 aliphatic heterocycles. The first-order valence-corrected chi connectivity index (χ1v) is 10.2. The van der Waals surface area contributed by atoms with Crippen LogP contribution in [0.3, 0.4) is 0 Å². The van der Waals surface area contributed by atoms with E-state index in [1.165, 1.54) is 31.0 Å². The van der Waals surface area contributed by atoms with Gasteiger partial charge in [0, 0.05) is 19.5 Å². The second-order valence-electron chi connectivity index (χ2n) is 6.24. The number of hydrogen-bond acceptors (Lipinski definition) is 5. The summed E-state index contributed by atoms with van der Waals surface area (Å²) in [6.45, 7) is 3.26. The highest BCUT2D eigenvalue weighted by molar-refractivity contribution is 9.10. The summed E-state index contributed by atoms with van der Waals surface area (Å²) in [5.74, 6) is 1.29. The third-order valence-corrected chi connectivity index (χ3v) is 5.99. The molecule has 3 heterocycles. The number of carbonyl (C=O) groups is 1. The molecule has 1 saturated heterocycles. The lowest BCUT2D eigenvalue weighted by atomic mass is 10.1. The molecule has 5 nitrogen and oxygen atoms in total. The Morgan fingerprint density at radius 2 is 1.92 bits per heavy atom. The lowest BCUT2D eigenvalue weighted by molar-refractivity contribution is -0.113. The minimum atomic E-state index is -0.159. The van der Waals surface area contributed by atoms with Crippen molar-refractivity contribution in [1.82, 2.24) is 4.90 Å². The number of piperidine rings is 1. The monoisotopic (exact) mass is 422 g/mol. The van der Waals surface area contributed by atoms with Gasteiger partial charge < -0.3 is 14.4 Å². The number of halogens is 1. The highest BCUT2D eigenvalue weighted by atomic mass is 79.9. The first-order valence-electron chi connectivity index (χ1n) is 8.57. The third-order valence-electron chi connectivity index (χ3n) is 4.36. The maximum atomic E-state index is 12.3. The van der Waals surface area contributed by atoms with Crippen molar-refractivity contribution >= 4 is 44.8 Å². The molecular formula is C18H19BrN2O3S. The van der Waals surface area contributed by atoms with E-state index in [4.69, 9.17) is 9.47 Å². The summed E-state index contributed by atoms with van der Waals surface area (Å²) in [6.07, 6.45) is 6.34. The third kappa shape index (κ3) is 3.72. The van der Waals surface area contributed by atoms with Crippen molar-refractivity contribution < 1.29 is 14.3 Å². The van der Waals surface area contributed by atoms with Crippen LogP contribution >= 0.6 is 27.7 Å². The van der Waals surface area contributed by atoms with E-state index in [-0.39, 0.29) is 5.91 Å². The molecule has 1 aromatic rings. The molecule has 0 aliphatic carbocycles. The first-order chi connectivity index (χ1) is 12.2. The fourth-order valence-electron chi connectivity index (χ4n) is 3.10. The summed E-state index contributed by atoms with van der Waals surface area (Å²) in [7, 11) is 0. The fraction of sp³-hybridized carbons (Fsp3) is 0.444. The van der Waals surface area contributed by atoms with E-state index in [1.54, 1.807) is 0 Å². The molecule has 7 heteroatoms. The van der Waals surface area contributed by atoms with Crippen LogP contribution in [0.2, 0.25) is 0 Å². The molecule has 132 valence electrons. The average Bonchev–Trinajstić information content (AvgIpc) is 2.82. The summed E-state index contributed by atoms with van der Waals surface area (Å²) < 4.78 is 12.3. The Labute approximate surface area is 159 Å². The molecule has 1 aromatic carbocycles. The largest absolute Gasteiger partial charge is 0.489 e. The standard InChI is InChI=1S/C18H19BrN2O3S/c19-13-9-12(10-14-16(13)24-8-4-7-23-14)11-15-17(22)20-18(25-15)21-5-2-1-3-6-21/h9-11H,1-8H2. The van der Waals surface area contributed by atoms with Crippen LogP contribution in [0.15, 0.2) is 26.5 Å². The van der Waals surface area contributed by atoms with E-state index in [2.05, 4.69) is 25.8 Å². The number of likely N-dealkylation sites (tertiary alicyclic amines) is 1. The number of amides is 1. The van der Waals surface area contributed by atoms with E-state index in [0.29, 0.717) is 23.9 Å². The van der Waals surface area contributed by atoms with Gasteiger partial charge in [-0.3, -0.25) is 4.79 Å². The molecule has 25 heavy (non-hydrogen) atoms. The van der Waals surface area contributed by atoms with Crippen LogP contribution in [-0.4, -0.2) is 42.3 Å². The SMILES string of the molecule is O=C1N=C(N2CCCCC2)SC1=Cc1cc(Br)c2c(c1)OCCCO2. The zero-order valence-electron chi connectivity index (χ0n) is 13.8. The number of nitrogens with zero attached hydrogens (tertiary/aromatic N) is 2. The first kappa shape index (κ1) is 17.0. The van der Waals surface area contributed by atoms with Gasteiger partial charge in [-0.1, -0.05) is 0 Å². The number of thioether (sulfide) groups is 1. The predicted octanol–water partition coefficient (Wildman–Crippen LogP) is 4.07. The summed E-state index contributed by atoms with van der Waals surface area (Å²) in [5.41, 5.74) is 0.905. The highest BCUT2D eigenvalue weighted by Crippen LogP contribution is 2.40. The minimum Gasteiger partial charge on any atom is -0.489 e. The maximum Gasteiger partial charge on any atom is 0.286 e. The number of fused-ring (bicyclic) bond motifs is 1. The molecule has 0 saturated carbocycles. The van der Waals surface area contributed by atoms with E-state index < -0.39 is 0 Å². The molecule has 3 aliphatic rings. The van der Waals surface area contributed by atoms with Crippen LogP contribution in [-0.2, 0) is 4.79 Å². The molecule has 0 unspecified atom stereocenters. The molecule has 0 radical (unpaired) electrons. The van der Waals surface area contributed by atoms with E-state index in [1.807, 2.05) is 18.2 Å². The fourth-order valence-corrected chi connectivity index (χ4v) is 4.64. The Kier molecular flexibility index (Phi) is 5.03. The topological polar surface area (TPSA) is 51.1 Å². The van der Waals surface area contributed by atoms with E-state index in [0.717, 1.165) is 40.5 Å². The number of carbonyl (C=O) groups excluding carboxylic acids is 1. The van der Waals surface area contributed by atoms with Crippen LogP contribution in [0, 0.1) is 0 Å². The summed E-state index contributed by atoms with van der Waals surface area (Å²) in [4.78, 5) is 19.4. The predicted molar refractivity (Wildman–Crippen MR) is 103 cm³/mol. The van der Waals surface area contributed by atoms with Gasteiger partial charge in [0.2, 0.25) is 0 Å². The summed E-state index contributed by atoms with van der Waals surface area (Å²) in [5, 5.41) is 0.837. The quantitative estimate of drug-likeness (QED) is 0.638. The van der Waals surface area contributed by atoms with E-state index >= 15 is 0 Å². The minimum absolute atomic E-state index is 0.159. The second-order valence-corrected chi connectivity index (χ2v) is 8.10. The van der Waals surface area contributed by atoms with Gasteiger partial charge in [0.15, 0.2) is 16.7 Å². The maximum absolute atomic E-state index is 12.3. The number of aliphatic imine (C=N–C) groups is 1. The van der Waals surface area contributed by atoms with Gasteiger partial charge in [-0.05, 0) is 70.7 Å². The highest BCUT2D eigenvalue weighted by Gasteiger charge is 2.27. The molecule has 1 fully saturated rings. The molecule has 0 bridgehead atoms. The van der Waals surface area contributed by atoms with Gasteiger partial charge in [0.05, 0.1) is 22.6 Å². The Balaban J connectivity index is 1.56. The van der Waals surface area contributed by atoms with Gasteiger partial charge >= 0.3 is 0 Å². The number of amidine groups is 1. The zero-order valence-corrected chi connectivity index (χ0v) is 16.2. The molecular weight excluding hydrogens is 404 g/mol. The van der Waals surface area contributed by atoms with Gasteiger partial charge in [-0.25, -0.2) is 0 Å². The van der Waals surface area contributed by atoms with Gasteiger partial charge in [0.25, 0.3) is 5.91 Å². The number of rotatable bonds is 1. The van der Waals surface area contributed by atoms with Crippen LogP contribution in [0.25, 0.3) is 6.08 Å². The average molecular weight is 423 g/mol. The van der Waals surface area contributed by atoms with Gasteiger partial charge in [-0.15, -0.1) is 0 Å². The second kappa shape index (κ2) is 7.41. The number of ether oxygens (including phenoxy) is 2. The smallest absolute Gasteiger partial charge is 0.286 e. The Bertz CT molecular complexity index is 757. The molecule has 0 N–H and O–H groups in total. The summed E-state index contributed by atoms with van der Waals surface area (Å²) in [6, 6.07) is 3.87. The van der Waals surface area contributed by atoms with Crippen LogP contribution in [0.5, 0.6) is 11.5 Å². The molecule has 1 amide bonds. The van der Waals surface area contributed by atoms with Crippen molar-refractivity contribution in [2.45, 2.75) is 25.7 Å². The van der Waals surface area contributed by atoms with Crippen LogP contribution in [0.4, 0.5) is 0 Å². The lowest BCUT2D eigenvalue weighted by Crippen LogP contribution is -2.33. The van der Waals surface area contributed by atoms with E-state index in [9.17, 15) is 4.79 Å². The van der Waals surface area contributed by atoms with Crippen molar-refractivity contribution in [2.24, 2.45) is 4.99 Å². The van der Waals surface area contributed by atoms with Crippen molar-refractivity contribution in [3.63, 3.8) is 0 Å². The lowest BCUT2D eigenvalue weighted by Gasteiger charge is -2.27. The van der Waals surface area contributed by atoms with Crippen molar-refractivity contribution in [3.05, 3.63) is 27.1 Å². The van der Waals surface area contributed by atoms with Crippen LogP contribution < -0.4 is 9.47 Å². The van der Waals surface area contributed by atoms with Crippen molar-refractivity contribution in [3.8, 4) is 11.5 Å².